The fourth-order valence-electron chi connectivity index (χ4n) is 1.43. The summed E-state index contributed by atoms with van der Waals surface area (Å²) in [4.78, 5) is 13.0. The van der Waals surface area contributed by atoms with Gasteiger partial charge in [0.1, 0.15) is 6.10 Å². The minimum atomic E-state index is -0.305. The largest absolute Gasteiger partial charge is 0.440 e. The smallest absolute Gasteiger partial charge is 0.415 e. The lowest BCUT2D eigenvalue weighted by molar-refractivity contribution is 0.160. The van der Waals surface area contributed by atoms with Gasteiger partial charge in [0.25, 0.3) is 0 Å². The molecule has 0 N–H and O–H groups in total. The number of anilines is 1. The number of hydrogen-bond acceptors (Lipinski definition) is 2. The molecule has 0 aliphatic carbocycles. The van der Waals surface area contributed by atoms with Gasteiger partial charge >= 0.3 is 6.09 Å². The first-order valence-corrected chi connectivity index (χ1v) is 4.47. The molecule has 1 amide bonds. The van der Waals surface area contributed by atoms with E-state index in [1.54, 1.807) is 11.0 Å². The second kappa shape index (κ2) is 3.54. The molecule has 1 aromatic rings. The third-order valence-corrected chi connectivity index (χ3v) is 2.17. The molecule has 3 heteroatoms. The predicted molar refractivity (Wildman–Crippen MR) is 54.3 cm³/mol. The van der Waals surface area contributed by atoms with Crippen LogP contribution in [0.4, 0.5) is 10.5 Å². The number of carbonyl (C=O) groups excluding carboxylic acids is 1. The molecule has 72 valence electrons. The van der Waals surface area contributed by atoms with Crippen molar-refractivity contribution in [1.82, 2.24) is 0 Å². The number of para-hydroxylation sites is 1. The van der Waals surface area contributed by atoms with Crippen molar-refractivity contribution >= 4 is 11.8 Å². The summed E-state index contributed by atoms with van der Waals surface area (Å²) in [7, 11) is 0. The third-order valence-electron chi connectivity index (χ3n) is 2.17. The van der Waals surface area contributed by atoms with Crippen LogP contribution < -0.4 is 4.90 Å². The van der Waals surface area contributed by atoms with Crippen LogP contribution >= 0.6 is 0 Å². The molecule has 14 heavy (non-hydrogen) atoms. The highest BCUT2D eigenvalue weighted by atomic mass is 16.6. The quantitative estimate of drug-likeness (QED) is 0.667. The second-order valence-electron chi connectivity index (χ2n) is 3.10. The first-order valence-electron chi connectivity index (χ1n) is 4.47. The first kappa shape index (κ1) is 8.81. The zero-order chi connectivity index (χ0) is 9.97. The summed E-state index contributed by atoms with van der Waals surface area (Å²) in [5.74, 6) is 0. The van der Waals surface area contributed by atoms with Crippen LogP contribution in [0.5, 0.6) is 0 Å². The SMILES string of the molecule is C=C[C@@H]1CN(c2ccccc2)C(=O)O1. The van der Waals surface area contributed by atoms with E-state index in [2.05, 4.69) is 6.58 Å². The highest BCUT2D eigenvalue weighted by Gasteiger charge is 2.29. The molecular formula is C11H11NO2. The number of amides is 1. The normalized spacial score (nSPS) is 20.7. The van der Waals surface area contributed by atoms with Crippen molar-refractivity contribution in [1.29, 1.82) is 0 Å². The lowest BCUT2D eigenvalue weighted by Gasteiger charge is -2.11. The van der Waals surface area contributed by atoms with Gasteiger partial charge in [-0.15, -0.1) is 0 Å². The van der Waals surface area contributed by atoms with E-state index in [9.17, 15) is 4.79 Å². The zero-order valence-corrected chi connectivity index (χ0v) is 7.72. The van der Waals surface area contributed by atoms with Gasteiger partial charge in [-0.05, 0) is 18.2 Å². The maximum Gasteiger partial charge on any atom is 0.415 e. The summed E-state index contributed by atoms with van der Waals surface area (Å²) < 4.78 is 5.05. The molecule has 0 unspecified atom stereocenters. The topological polar surface area (TPSA) is 29.5 Å². The van der Waals surface area contributed by atoms with Crippen LogP contribution in [0.1, 0.15) is 0 Å². The van der Waals surface area contributed by atoms with Crippen LogP contribution in [-0.2, 0) is 4.74 Å². The van der Waals surface area contributed by atoms with Crippen LogP contribution in [0.3, 0.4) is 0 Å². The molecule has 1 heterocycles. The number of benzene rings is 1. The van der Waals surface area contributed by atoms with E-state index in [-0.39, 0.29) is 12.2 Å². The van der Waals surface area contributed by atoms with Crippen LogP contribution in [0.15, 0.2) is 43.0 Å². The van der Waals surface area contributed by atoms with E-state index in [4.69, 9.17) is 4.74 Å². The fraction of sp³-hybridized carbons (Fsp3) is 0.182. The maximum atomic E-state index is 11.4. The second-order valence-corrected chi connectivity index (χ2v) is 3.10. The molecule has 1 aliphatic heterocycles. The van der Waals surface area contributed by atoms with Crippen molar-refractivity contribution in [2.24, 2.45) is 0 Å². The van der Waals surface area contributed by atoms with Crippen molar-refractivity contribution in [3.8, 4) is 0 Å². The average Bonchev–Trinajstić information content (AvgIpc) is 2.61. The number of ether oxygens (including phenoxy) is 1. The highest BCUT2D eigenvalue weighted by Crippen LogP contribution is 2.20. The van der Waals surface area contributed by atoms with E-state index in [0.717, 1.165) is 5.69 Å². The molecule has 0 spiro atoms. The standard InChI is InChI=1S/C11H11NO2/c1-2-10-8-12(11(13)14-10)9-6-4-3-5-7-9/h2-7,10H,1,8H2/t10-/m1/s1. The third kappa shape index (κ3) is 1.48. The van der Waals surface area contributed by atoms with Gasteiger partial charge in [0.05, 0.1) is 6.54 Å². The Morgan fingerprint density at radius 3 is 2.71 bits per heavy atom. The lowest BCUT2D eigenvalue weighted by Crippen LogP contribution is -2.23. The van der Waals surface area contributed by atoms with Gasteiger partial charge in [-0.3, -0.25) is 4.90 Å². The van der Waals surface area contributed by atoms with Gasteiger partial charge < -0.3 is 4.74 Å². The molecule has 3 nitrogen and oxygen atoms in total. The van der Waals surface area contributed by atoms with E-state index < -0.39 is 0 Å². The molecule has 2 rings (SSSR count). The molecule has 0 bridgehead atoms. The molecule has 0 saturated carbocycles. The molecule has 1 fully saturated rings. The Morgan fingerprint density at radius 1 is 1.43 bits per heavy atom. The zero-order valence-electron chi connectivity index (χ0n) is 7.72. The summed E-state index contributed by atoms with van der Waals surface area (Å²) in [6.07, 6.45) is 1.14. The van der Waals surface area contributed by atoms with Crippen LogP contribution in [0.2, 0.25) is 0 Å². The predicted octanol–water partition coefficient (Wildman–Crippen LogP) is 2.20. The van der Waals surface area contributed by atoms with Crippen LogP contribution in [-0.4, -0.2) is 18.7 Å². The molecule has 0 radical (unpaired) electrons. The van der Waals surface area contributed by atoms with Crippen LogP contribution in [0.25, 0.3) is 0 Å². The van der Waals surface area contributed by atoms with E-state index in [0.29, 0.717) is 6.54 Å². The van der Waals surface area contributed by atoms with Crippen molar-refractivity contribution in [2.45, 2.75) is 6.10 Å². The molecule has 0 aromatic heterocycles. The molecule has 1 aliphatic rings. The van der Waals surface area contributed by atoms with Crippen molar-refractivity contribution in [3.63, 3.8) is 0 Å². The Labute approximate surface area is 82.6 Å². The fourth-order valence-corrected chi connectivity index (χ4v) is 1.43. The van der Waals surface area contributed by atoms with Crippen molar-refractivity contribution in [2.75, 3.05) is 11.4 Å². The number of cyclic esters (lactones) is 1. The first-order chi connectivity index (χ1) is 6.81. The van der Waals surface area contributed by atoms with E-state index >= 15 is 0 Å². The Balaban J connectivity index is 2.21. The van der Waals surface area contributed by atoms with Gasteiger partial charge in [0, 0.05) is 5.69 Å². The minimum Gasteiger partial charge on any atom is -0.440 e. The lowest BCUT2D eigenvalue weighted by atomic mass is 10.3. The molecule has 1 atom stereocenters. The van der Waals surface area contributed by atoms with Gasteiger partial charge in [-0.1, -0.05) is 24.8 Å². The monoisotopic (exact) mass is 189 g/mol. The Morgan fingerprint density at radius 2 is 2.14 bits per heavy atom. The van der Waals surface area contributed by atoms with Gasteiger partial charge in [-0.2, -0.15) is 0 Å². The Hall–Kier alpha value is -1.77. The highest BCUT2D eigenvalue weighted by molar-refractivity contribution is 5.89. The summed E-state index contributed by atoms with van der Waals surface area (Å²) in [5.41, 5.74) is 0.863. The van der Waals surface area contributed by atoms with Crippen molar-refractivity contribution in [3.05, 3.63) is 43.0 Å². The van der Waals surface area contributed by atoms with E-state index in [1.165, 1.54) is 0 Å². The Bertz CT molecular complexity index is 348. The summed E-state index contributed by atoms with van der Waals surface area (Å²) >= 11 is 0. The van der Waals surface area contributed by atoms with Crippen molar-refractivity contribution < 1.29 is 9.53 Å². The van der Waals surface area contributed by atoms with Gasteiger partial charge in [0.15, 0.2) is 0 Å². The number of nitrogens with zero attached hydrogens (tertiary/aromatic N) is 1. The summed E-state index contributed by atoms with van der Waals surface area (Å²) in [6, 6.07) is 9.46. The molecule has 1 saturated heterocycles. The number of carbonyl (C=O) groups is 1. The minimum absolute atomic E-state index is 0.192. The van der Waals surface area contributed by atoms with Gasteiger partial charge in [-0.25, -0.2) is 4.79 Å². The number of rotatable bonds is 2. The van der Waals surface area contributed by atoms with E-state index in [1.807, 2.05) is 30.3 Å². The summed E-state index contributed by atoms with van der Waals surface area (Å²) in [6.45, 7) is 4.15. The summed E-state index contributed by atoms with van der Waals surface area (Å²) in [5, 5.41) is 0. The Kier molecular flexibility index (Phi) is 2.23. The van der Waals surface area contributed by atoms with Crippen LogP contribution in [0, 0.1) is 0 Å². The van der Waals surface area contributed by atoms with Gasteiger partial charge in [0.2, 0.25) is 0 Å². The average molecular weight is 189 g/mol. The maximum absolute atomic E-state index is 11.4. The molecular weight excluding hydrogens is 178 g/mol. The molecule has 1 aromatic carbocycles. The number of hydrogen-bond donors (Lipinski definition) is 0.